The summed E-state index contributed by atoms with van der Waals surface area (Å²) >= 11 is 0. The molecular formula is C10H13N. The Morgan fingerprint density at radius 1 is 1.36 bits per heavy atom. The van der Waals surface area contributed by atoms with E-state index in [2.05, 4.69) is 6.58 Å². The molecule has 0 aromatic heterocycles. The molecule has 1 aromatic carbocycles. The van der Waals surface area contributed by atoms with Crippen molar-refractivity contribution in [2.75, 3.05) is 0 Å². The Bertz CT molecular complexity index is 236. The van der Waals surface area contributed by atoms with Crippen molar-refractivity contribution in [3.63, 3.8) is 0 Å². The zero-order valence-electron chi connectivity index (χ0n) is 6.75. The van der Waals surface area contributed by atoms with Crippen molar-refractivity contribution in [1.29, 1.82) is 0 Å². The summed E-state index contributed by atoms with van der Waals surface area (Å²) < 4.78 is 0. The topological polar surface area (TPSA) is 26.0 Å². The molecule has 1 unspecified atom stereocenters. The van der Waals surface area contributed by atoms with Crippen molar-refractivity contribution in [3.05, 3.63) is 42.5 Å². The average molecular weight is 147 g/mol. The third kappa shape index (κ3) is 1.92. The van der Waals surface area contributed by atoms with Crippen molar-refractivity contribution in [2.45, 2.75) is 13.0 Å². The van der Waals surface area contributed by atoms with E-state index in [0.717, 1.165) is 11.1 Å². The summed E-state index contributed by atoms with van der Waals surface area (Å²) in [4.78, 5) is 0. The highest BCUT2D eigenvalue weighted by Gasteiger charge is 2.01. The first-order valence-electron chi connectivity index (χ1n) is 3.71. The van der Waals surface area contributed by atoms with E-state index in [1.807, 2.05) is 37.3 Å². The Kier molecular flexibility index (Phi) is 2.44. The van der Waals surface area contributed by atoms with Crippen LogP contribution in [0.5, 0.6) is 0 Å². The normalized spacial score (nSPS) is 12.5. The number of hydrogen-bond acceptors (Lipinski definition) is 1. The second kappa shape index (κ2) is 3.35. The van der Waals surface area contributed by atoms with Gasteiger partial charge in [0.2, 0.25) is 0 Å². The monoisotopic (exact) mass is 147 g/mol. The van der Waals surface area contributed by atoms with Crippen LogP contribution in [0.4, 0.5) is 0 Å². The van der Waals surface area contributed by atoms with Crippen LogP contribution in [0.15, 0.2) is 36.9 Å². The molecule has 0 bridgehead atoms. The lowest BCUT2D eigenvalue weighted by Crippen LogP contribution is -2.15. The average Bonchev–Trinajstić information content (AvgIpc) is 2.05. The van der Waals surface area contributed by atoms with Gasteiger partial charge in [-0.05, 0) is 18.1 Å². The summed E-state index contributed by atoms with van der Waals surface area (Å²) in [6.07, 6.45) is 0. The first kappa shape index (κ1) is 8.02. The number of rotatable bonds is 2. The second-order valence-corrected chi connectivity index (χ2v) is 2.68. The third-order valence-electron chi connectivity index (χ3n) is 1.69. The lowest BCUT2D eigenvalue weighted by molar-refractivity contribution is 0.949. The van der Waals surface area contributed by atoms with Crippen molar-refractivity contribution < 1.29 is 0 Å². The molecular weight excluding hydrogens is 134 g/mol. The molecule has 2 N–H and O–H groups in total. The molecule has 0 saturated heterocycles. The van der Waals surface area contributed by atoms with Gasteiger partial charge in [-0.25, -0.2) is 0 Å². The Labute approximate surface area is 67.5 Å². The van der Waals surface area contributed by atoms with Crippen LogP contribution in [-0.4, -0.2) is 6.04 Å². The highest BCUT2D eigenvalue weighted by Crippen LogP contribution is 2.13. The summed E-state index contributed by atoms with van der Waals surface area (Å²) in [7, 11) is 0. The Balaban J connectivity index is 2.86. The van der Waals surface area contributed by atoms with Crippen LogP contribution < -0.4 is 5.73 Å². The van der Waals surface area contributed by atoms with E-state index in [1.165, 1.54) is 0 Å². The summed E-state index contributed by atoms with van der Waals surface area (Å²) in [6.45, 7) is 5.84. The molecule has 58 valence electrons. The van der Waals surface area contributed by atoms with Gasteiger partial charge >= 0.3 is 0 Å². The summed E-state index contributed by atoms with van der Waals surface area (Å²) in [5.41, 5.74) is 7.79. The number of benzene rings is 1. The first-order valence-corrected chi connectivity index (χ1v) is 3.71. The van der Waals surface area contributed by atoms with Gasteiger partial charge in [-0.3, -0.25) is 0 Å². The van der Waals surface area contributed by atoms with Crippen molar-refractivity contribution in [3.8, 4) is 0 Å². The zero-order chi connectivity index (χ0) is 8.27. The van der Waals surface area contributed by atoms with Gasteiger partial charge in [-0.2, -0.15) is 0 Å². The van der Waals surface area contributed by atoms with E-state index >= 15 is 0 Å². The quantitative estimate of drug-likeness (QED) is 0.680. The first-order chi connectivity index (χ1) is 5.22. The van der Waals surface area contributed by atoms with Crippen LogP contribution in [-0.2, 0) is 0 Å². The van der Waals surface area contributed by atoms with Gasteiger partial charge in [0.05, 0.1) is 0 Å². The molecule has 0 amide bonds. The van der Waals surface area contributed by atoms with Crippen LogP contribution in [0.3, 0.4) is 0 Å². The predicted molar refractivity (Wildman–Crippen MR) is 49.1 cm³/mol. The van der Waals surface area contributed by atoms with E-state index in [-0.39, 0.29) is 6.04 Å². The maximum atomic E-state index is 5.67. The second-order valence-electron chi connectivity index (χ2n) is 2.68. The van der Waals surface area contributed by atoms with Crippen LogP contribution in [0, 0.1) is 0 Å². The third-order valence-corrected chi connectivity index (χ3v) is 1.69. The maximum absolute atomic E-state index is 5.67. The molecule has 0 aliphatic heterocycles. The molecule has 1 aromatic rings. The molecule has 0 aliphatic carbocycles. The fourth-order valence-electron chi connectivity index (χ4n) is 0.915. The van der Waals surface area contributed by atoms with E-state index in [0.29, 0.717) is 0 Å². The molecule has 1 atom stereocenters. The fraction of sp³-hybridized carbons (Fsp3) is 0.200. The Morgan fingerprint density at radius 3 is 2.36 bits per heavy atom. The molecule has 1 rings (SSSR count). The van der Waals surface area contributed by atoms with Gasteiger partial charge in [0.15, 0.2) is 0 Å². The van der Waals surface area contributed by atoms with Gasteiger partial charge in [-0.15, -0.1) is 0 Å². The van der Waals surface area contributed by atoms with Gasteiger partial charge in [0.25, 0.3) is 0 Å². The highest BCUT2D eigenvalue weighted by molar-refractivity contribution is 5.66. The largest absolute Gasteiger partial charge is 0.324 e. The van der Waals surface area contributed by atoms with Crippen LogP contribution in [0.2, 0.25) is 0 Å². The van der Waals surface area contributed by atoms with Crippen LogP contribution in [0.25, 0.3) is 5.57 Å². The predicted octanol–water partition coefficient (Wildman–Crippen LogP) is 2.05. The Hall–Kier alpha value is -1.08. The molecule has 1 heteroatoms. The van der Waals surface area contributed by atoms with Crippen molar-refractivity contribution in [1.82, 2.24) is 0 Å². The van der Waals surface area contributed by atoms with E-state index < -0.39 is 0 Å². The molecule has 0 aliphatic rings. The Morgan fingerprint density at radius 2 is 1.91 bits per heavy atom. The fourth-order valence-corrected chi connectivity index (χ4v) is 0.915. The minimum Gasteiger partial charge on any atom is -0.324 e. The standard InChI is InChI=1S/C10H13N/c1-8(9(2)11)10-6-4-3-5-7-10/h3-7,9H,1,11H2,2H3. The van der Waals surface area contributed by atoms with E-state index in [4.69, 9.17) is 5.73 Å². The van der Waals surface area contributed by atoms with E-state index in [1.54, 1.807) is 0 Å². The molecule has 0 radical (unpaired) electrons. The van der Waals surface area contributed by atoms with E-state index in [9.17, 15) is 0 Å². The smallest absolute Gasteiger partial charge is 0.0266 e. The summed E-state index contributed by atoms with van der Waals surface area (Å²) in [6, 6.07) is 10.0. The van der Waals surface area contributed by atoms with Crippen LogP contribution >= 0.6 is 0 Å². The molecule has 1 nitrogen and oxygen atoms in total. The van der Waals surface area contributed by atoms with Gasteiger partial charge in [0, 0.05) is 6.04 Å². The van der Waals surface area contributed by atoms with Gasteiger partial charge in [-0.1, -0.05) is 36.9 Å². The maximum Gasteiger partial charge on any atom is 0.0266 e. The van der Waals surface area contributed by atoms with Gasteiger partial charge in [0.1, 0.15) is 0 Å². The molecule has 11 heavy (non-hydrogen) atoms. The van der Waals surface area contributed by atoms with Crippen molar-refractivity contribution >= 4 is 5.57 Å². The van der Waals surface area contributed by atoms with Gasteiger partial charge < -0.3 is 5.73 Å². The zero-order valence-corrected chi connectivity index (χ0v) is 6.75. The molecule has 0 fully saturated rings. The summed E-state index contributed by atoms with van der Waals surface area (Å²) in [5, 5.41) is 0. The number of hydrogen-bond donors (Lipinski definition) is 1. The van der Waals surface area contributed by atoms with Crippen LogP contribution in [0.1, 0.15) is 12.5 Å². The number of nitrogens with two attached hydrogens (primary N) is 1. The lowest BCUT2D eigenvalue weighted by Gasteiger charge is -2.08. The summed E-state index contributed by atoms with van der Waals surface area (Å²) in [5.74, 6) is 0. The minimum atomic E-state index is 0.0393. The van der Waals surface area contributed by atoms with Crippen molar-refractivity contribution in [2.24, 2.45) is 5.73 Å². The highest BCUT2D eigenvalue weighted by atomic mass is 14.6. The molecule has 0 saturated carbocycles. The molecule has 0 spiro atoms. The SMILES string of the molecule is C=C(c1ccccc1)C(C)N. The molecule has 0 heterocycles. The minimum absolute atomic E-state index is 0.0393. The lowest BCUT2D eigenvalue weighted by atomic mass is 10.0.